The summed E-state index contributed by atoms with van der Waals surface area (Å²) in [4.78, 5) is 23.0. The van der Waals surface area contributed by atoms with E-state index in [2.05, 4.69) is 37.7 Å². The van der Waals surface area contributed by atoms with Crippen molar-refractivity contribution in [3.05, 3.63) is 65.5 Å². The highest BCUT2D eigenvalue weighted by Gasteiger charge is 2.27. The number of nitrogens with zero attached hydrogens (tertiary/aromatic N) is 4. The van der Waals surface area contributed by atoms with Crippen LogP contribution in [0.2, 0.25) is 0 Å². The van der Waals surface area contributed by atoms with Crippen LogP contribution in [0, 0.1) is 5.92 Å². The minimum Gasteiger partial charge on any atom is -0.481 e. The molecule has 8 nitrogen and oxygen atoms in total. The number of aromatic nitrogens is 1. The first kappa shape index (κ1) is 22.9. The Hall–Kier alpha value is -3.26. The molecule has 0 saturated carbocycles. The summed E-state index contributed by atoms with van der Waals surface area (Å²) in [6.45, 7) is 3.46. The maximum atomic E-state index is 10.9. The van der Waals surface area contributed by atoms with Crippen molar-refractivity contribution in [2.75, 3.05) is 26.2 Å². The summed E-state index contributed by atoms with van der Waals surface area (Å²) < 4.78 is 0. The van der Waals surface area contributed by atoms with Crippen LogP contribution < -0.4 is 5.43 Å². The van der Waals surface area contributed by atoms with Crippen LogP contribution in [-0.2, 0) is 16.1 Å². The number of hydrogen-bond donors (Lipinski definition) is 2. The molecule has 33 heavy (non-hydrogen) atoms. The number of hydrazone groups is 1. The molecule has 0 amide bonds. The first-order valence-electron chi connectivity index (χ1n) is 11.6. The molecule has 3 heterocycles. The summed E-state index contributed by atoms with van der Waals surface area (Å²) in [7, 11) is 0. The van der Waals surface area contributed by atoms with Gasteiger partial charge in [-0.3, -0.25) is 14.7 Å². The van der Waals surface area contributed by atoms with Crippen molar-refractivity contribution in [1.29, 1.82) is 0 Å². The molecule has 8 heteroatoms. The van der Waals surface area contributed by atoms with Gasteiger partial charge in [0.15, 0.2) is 0 Å². The second kappa shape index (κ2) is 11.6. The monoisotopic (exact) mass is 449 g/mol. The summed E-state index contributed by atoms with van der Waals surface area (Å²) in [6.07, 6.45) is 9.33. The Balaban J connectivity index is 1.17. The maximum absolute atomic E-state index is 10.9. The third kappa shape index (κ3) is 7.12. The van der Waals surface area contributed by atoms with Gasteiger partial charge in [0, 0.05) is 38.3 Å². The number of rotatable bonds is 10. The Kier molecular flexibility index (Phi) is 8.03. The molecule has 0 radical (unpaired) electrons. The van der Waals surface area contributed by atoms with Crippen LogP contribution in [0.1, 0.15) is 42.4 Å². The van der Waals surface area contributed by atoms with E-state index in [1.165, 1.54) is 5.56 Å². The highest BCUT2D eigenvalue weighted by atomic mass is 16.6. The molecule has 0 spiro atoms. The molecule has 4 rings (SSSR count). The standard InChI is InChI=1S/C25H31N5O3/c31-25(32)15-20-8-13-30(14-9-20)18-23-16-24(29-33-23)22-3-1-21(2-4-22)17-28-27-12-7-19-5-10-26-11-6-19/h1-6,10-11,17,20,23,27H,7-9,12-16,18H2,(H,31,32). The highest BCUT2D eigenvalue weighted by molar-refractivity contribution is 6.01. The number of aliphatic carboxylic acids is 1. The zero-order valence-electron chi connectivity index (χ0n) is 18.8. The number of likely N-dealkylation sites (tertiary alicyclic amines) is 1. The van der Waals surface area contributed by atoms with Crippen LogP contribution in [0.15, 0.2) is 59.0 Å². The quantitative estimate of drug-likeness (QED) is 0.329. The van der Waals surface area contributed by atoms with Gasteiger partial charge in [0.1, 0.15) is 6.10 Å². The number of benzene rings is 1. The van der Waals surface area contributed by atoms with Crippen molar-refractivity contribution >= 4 is 17.9 Å². The lowest BCUT2D eigenvalue weighted by atomic mass is 9.93. The first-order valence-corrected chi connectivity index (χ1v) is 11.6. The van der Waals surface area contributed by atoms with Gasteiger partial charge in [-0.2, -0.15) is 5.10 Å². The number of carboxylic acid groups (broad SMARTS) is 1. The van der Waals surface area contributed by atoms with Crippen molar-refractivity contribution in [3.63, 3.8) is 0 Å². The van der Waals surface area contributed by atoms with E-state index >= 15 is 0 Å². The summed E-state index contributed by atoms with van der Waals surface area (Å²) in [5.41, 5.74) is 7.38. The average molecular weight is 450 g/mol. The summed E-state index contributed by atoms with van der Waals surface area (Å²) in [5.74, 6) is -0.395. The molecule has 1 aromatic heterocycles. The third-order valence-corrected chi connectivity index (χ3v) is 6.19. The molecule has 0 bridgehead atoms. The summed E-state index contributed by atoms with van der Waals surface area (Å²) in [5, 5.41) is 17.6. The minimum atomic E-state index is -0.694. The molecule has 1 fully saturated rings. The number of piperidine rings is 1. The lowest BCUT2D eigenvalue weighted by molar-refractivity contribution is -0.138. The molecule has 2 N–H and O–H groups in total. The normalized spacial score (nSPS) is 19.4. The van der Waals surface area contributed by atoms with Crippen molar-refractivity contribution in [2.45, 2.75) is 38.2 Å². The number of hydrogen-bond acceptors (Lipinski definition) is 7. The smallest absolute Gasteiger partial charge is 0.303 e. The Morgan fingerprint density at radius 1 is 1.18 bits per heavy atom. The van der Waals surface area contributed by atoms with Crippen LogP contribution in [-0.4, -0.2) is 65.2 Å². The zero-order valence-corrected chi connectivity index (χ0v) is 18.8. The number of oxime groups is 1. The Morgan fingerprint density at radius 2 is 1.94 bits per heavy atom. The topological polar surface area (TPSA) is 99.4 Å². The largest absolute Gasteiger partial charge is 0.481 e. The predicted octanol–water partition coefficient (Wildman–Crippen LogP) is 2.93. The van der Waals surface area contributed by atoms with Crippen LogP contribution >= 0.6 is 0 Å². The molecular weight excluding hydrogens is 418 g/mol. The van der Waals surface area contributed by atoms with Crippen molar-refractivity contribution in [1.82, 2.24) is 15.3 Å². The van der Waals surface area contributed by atoms with Gasteiger partial charge in [0.2, 0.25) is 0 Å². The van der Waals surface area contributed by atoms with Crippen LogP contribution in [0.4, 0.5) is 0 Å². The van der Waals surface area contributed by atoms with Gasteiger partial charge in [0.05, 0.1) is 11.9 Å². The predicted molar refractivity (Wildman–Crippen MR) is 127 cm³/mol. The van der Waals surface area contributed by atoms with E-state index in [1.807, 2.05) is 30.5 Å². The fraction of sp³-hybridized carbons (Fsp3) is 0.440. The van der Waals surface area contributed by atoms with Gasteiger partial charge in [0.25, 0.3) is 0 Å². The Morgan fingerprint density at radius 3 is 2.67 bits per heavy atom. The van der Waals surface area contributed by atoms with E-state index in [1.54, 1.807) is 12.4 Å². The van der Waals surface area contributed by atoms with E-state index in [4.69, 9.17) is 9.94 Å². The van der Waals surface area contributed by atoms with E-state index in [0.717, 1.165) is 68.7 Å². The molecule has 1 unspecified atom stereocenters. The van der Waals surface area contributed by atoms with Gasteiger partial charge in [-0.15, -0.1) is 0 Å². The molecule has 0 aliphatic carbocycles. The van der Waals surface area contributed by atoms with E-state index in [0.29, 0.717) is 5.92 Å². The molecule has 2 aliphatic heterocycles. The zero-order chi connectivity index (χ0) is 22.9. The highest BCUT2D eigenvalue weighted by Crippen LogP contribution is 2.23. The van der Waals surface area contributed by atoms with Crippen LogP contribution in [0.3, 0.4) is 0 Å². The second-order valence-electron chi connectivity index (χ2n) is 8.71. The van der Waals surface area contributed by atoms with E-state index in [9.17, 15) is 4.79 Å². The number of nitrogens with one attached hydrogen (secondary N) is 1. The van der Waals surface area contributed by atoms with Gasteiger partial charge in [-0.25, -0.2) is 0 Å². The fourth-order valence-electron chi connectivity index (χ4n) is 4.30. The van der Waals surface area contributed by atoms with Gasteiger partial charge in [-0.1, -0.05) is 29.4 Å². The second-order valence-corrected chi connectivity index (χ2v) is 8.71. The number of carboxylic acids is 1. The van der Waals surface area contributed by atoms with E-state index < -0.39 is 5.97 Å². The SMILES string of the molecule is O=C(O)CC1CCN(CC2CC(c3ccc(C=NNCCc4ccncc4)cc3)=NO2)CC1. The molecule has 1 atom stereocenters. The molecule has 2 aliphatic rings. The van der Waals surface area contributed by atoms with Crippen molar-refractivity contribution < 1.29 is 14.7 Å². The molecule has 1 aromatic carbocycles. The first-order chi connectivity index (χ1) is 16.2. The van der Waals surface area contributed by atoms with Crippen LogP contribution in [0.25, 0.3) is 0 Å². The minimum absolute atomic E-state index is 0.0573. The lowest BCUT2D eigenvalue weighted by Gasteiger charge is -2.32. The third-order valence-electron chi connectivity index (χ3n) is 6.19. The van der Waals surface area contributed by atoms with Gasteiger partial charge in [-0.05, 0) is 67.1 Å². The molecular formula is C25H31N5O3. The van der Waals surface area contributed by atoms with E-state index in [-0.39, 0.29) is 12.5 Å². The summed E-state index contributed by atoms with van der Waals surface area (Å²) >= 11 is 0. The van der Waals surface area contributed by atoms with Gasteiger partial charge >= 0.3 is 5.97 Å². The number of carbonyl (C=O) groups is 1. The molecule has 1 saturated heterocycles. The maximum Gasteiger partial charge on any atom is 0.303 e. The average Bonchev–Trinajstić information content (AvgIpc) is 3.29. The Labute approximate surface area is 194 Å². The lowest BCUT2D eigenvalue weighted by Crippen LogP contribution is -2.39. The van der Waals surface area contributed by atoms with Gasteiger partial charge < -0.3 is 15.4 Å². The van der Waals surface area contributed by atoms with Crippen molar-refractivity contribution in [3.8, 4) is 0 Å². The molecule has 2 aromatic rings. The Bertz CT molecular complexity index is 954. The summed E-state index contributed by atoms with van der Waals surface area (Å²) in [6, 6.07) is 12.2. The fourth-order valence-corrected chi connectivity index (χ4v) is 4.30. The van der Waals surface area contributed by atoms with Crippen LogP contribution in [0.5, 0.6) is 0 Å². The molecule has 174 valence electrons. The number of pyridine rings is 1. The van der Waals surface area contributed by atoms with Crippen molar-refractivity contribution in [2.24, 2.45) is 16.2 Å².